The summed E-state index contributed by atoms with van der Waals surface area (Å²) in [6.07, 6.45) is 5.82. The SMILES string of the molecule is CS(=O)(=O)c1ccccc1C(=O)NCc1ccccc1OC1CCCC1. The zero-order chi connectivity index (χ0) is 18.6. The van der Waals surface area contributed by atoms with E-state index in [-0.39, 0.29) is 23.1 Å². The predicted molar refractivity (Wildman–Crippen MR) is 100 cm³/mol. The van der Waals surface area contributed by atoms with Gasteiger partial charge in [-0.15, -0.1) is 0 Å². The molecule has 0 radical (unpaired) electrons. The Labute approximate surface area is 154 Å². The molecule has 0 aromatic heterocycles. The first kappa shape index (κ1) is 18.5. The lowest BCUT2D eigenvalue weighted by Crippen LogP contribution is -2.25. The van der Waals surface area contributed by atoms with Crippen molar-refractivity contribution in [3.63, 3.8) is 0 Å². The molecule has 0 aliphatic heterocycles. The van der Waals surface area contributed by atoms with Crippen molar-refractivity contribution in [2.24, 2.45) is 0 Å². The fourth-order valence-corrected chi connectivity index (χ4v) is 4.08. The second kappa shape index (κ2) is 7.91. The Morgan fingerprint density at radius 2 is 1.73 bits per heavy atom. The van der Waals surface area contributed by atoms with Gasteiger partial charge in [-0.1, -0.05) is 30.3 Å². The lowest BCUT2D eigenvalue weighted by atomic mass is 10.1. The van der Waals surface area contributed by atoms with Crippen molar-refractivity contribution in [1.82, 2.24) is 5.32 Å². The van der Waals surface area contributed by atoms with E-state index in [0.29, 0.717) is 0 Å². The van der Waals surface area contributed by atoms with Crippen LogP contribution in [-0.2, 0) is 16.4 Å². The number of para-hydroxylation sites is 1. The third-order valence-electron chi connectivity index (χ3n) is 4.54. The van der Waals surface area contributed by atoms with Crippen molar-refractivity contribution in [3.05, 3.63) is 59.7 Å². The van der Waals surface area contributed by atoms with Crippen LogP contribution in [0.25, 0.3) is 0 Å². The van der Waals surface area contributed by atoms with Crippen molar-refractivity contribution in [2.75, 3.05) is 6.26 Å². The van der Waals surface area contributed by atoms with Crippen LogP contribution in [0.15, 0.2) is 53.4 Å². The zero-order valence-corrected chi connectivity index (χ0v) is 15.6. The van der Waals surface area contributed by atoms with Gasteiger partial charge in [0, 0.05) is 18.4 Å². The maximum Gasteiger partial charge on any atom is 0.252 e. The van der Waals surface area contributed by atoms with Crippen molar-refractivity contribution in [3.8, 4) is 5.75 Å². The number of hydrogen-bond donors (Lipinski definition) is 1. The molecule has 1 amide bonds. The molecule has 2 aromatic carbocycles. The summed E-state index contributed by atoms with van der Waals surface area (Å²) in [4.78, 5) is 12.6. The van der Waals surface area contributed by atoms with Crippen LogP contribution in [0.2, 0.25) is 0 Å². The molecule has 0 spiro atoms. The first-order valence-electron chi connectivity index (χ1n) is 8.77. The average Bonchev–Trinajstić information content (AvgIpc) is 3.13. The molecule has 6 heteroatoms. The molecule has 1 aliphatic carbocycles. The summed E-state index contributed by atoms with van der Waals surface area (Å²) in [7, 11) is -3.47. The standard InChI is InChI=1S/C20H23NO4S/c1-26(23,24)19-13-7-5-11-17(19)20(22)21-14-15-8-2-6-12-18(15)25-16-9-3-4-10-16/h2,5-8,11-13,16H,3-4,9-10,14H2,1H3,(H,21,22). The number of benzene rings is 2. The van der Waals surface area contributed by atoms with Gasteiger partial charge < -0.3 is 10.1 Å². The van der Waals surface area contributed by atoms with E-state index in [1.807, 2.05) is 24.3 Å². The highest BCUT2D eigenvalue weighted by atomic mass is 32.2. The first-order valence-corrected chi connectivity index (χ1v) is 10.7. The summed E-state index contributed by atoms with van der Waals surface area (Å²) in [5, 5.41) is 2.81. The minimum atomic E-state index is -3.47. The van der Waals surface area contributed by atoms with Crippen molar-refractivity contribution >= 4 is 15.7 Å². The smallest absolute Gasteiger partial charge is 0.252 e. The summed E-state index contributed by atoms with van der Waals surface area (Å²) >= 11 is 0. The number of sulfone groups is 1. The van der Waals surface area contributed by atoms with E-state index in [0.717, 1.165) is 30.4 Å². The molecule has 26 heavy (non-hydrogen) atoms. The number of rotatable bonds is 6. The van der Waals surface area contributed by atoms with E-state index >= 15 is 0 Å². The molecule has 0 unspecified atom stereocenters. The maximum absolute atomic E-state index is 12.5. The summed E-state index contributed by atoms with van der Waals surface area (Å²) in [5.41, 5.74) is 1.04. The van der Waals surface area contributed by atoms with Crippen LogP contribution in [0, 0.1) is 0 Å². The van der Waals surface area contributed by atoms with Gasteiger partial charge in [0.15, 0.2) is 9.84 Å². The number of carbonyl (C=O) groups excluding carboxylic acids is 1. The highest BCUT2D eigenvalue weighted by molar-refractivity contribution is 7.90. The summed E-state index contributed by atoms with van der Waals surface area (Å²) in [5.74, 6) is 0.359. The number of hydrogen-bond acceptors (Lipinski definition) is 4. The molecule has 1 saturated carbocycles. The Morgan fingerprint density at radius 1 is 1.08 bits per heavy atom. The number of carbonyl (C=O) groups is 1. The first-order chi connectivity index (χ1) is 12.4. The third-order valence-corrected chi connectivity index (χ3v) is 5.69. The maximum atomic E-state index is 12.5. The van der Waals surface area contributed by atoms with Crippen LogP contribution in [0.5, 0.6) is 5.75 Å². The number of ether oxygens (including phenoxy) is 1. The molecule has 1 N–H and O–H groups in total. The van der Waals surface area contributed by atoms with Crippen LogP contribution in [0.3, 0.4) is 0 Å². The number of amides is 1. The molecule has 1 aliphatic rings. The monoisotopic (exact) mass is 373 g/mol. The quantitative estimate of drug-likeness (QED) is 0.843. The second-order valence-corrected chi connectivity index (χ2v) is 8.57. The molecule has 2 aromatic rings. The molecule has 3 rings (SSSR count). The van der Waals surface area contributed by atoms with Crippen LogP contribution >= 0.6 is 0 Å². The Morgan fingerprint density at radius 3 is 2.46 bits per heavy atom. The van der Waals surface area contributed by atoms with Gasteiger partial charge >= 0.3 is 0 Å². The highest BCUT2D eigenvalue weighted by Gasteiger charge is 2.20. The minimum Gasteiger partial charge on any atom is -0.490 e. The van der Waals surface area contributed by atoms with Gasteiger partial charge in [0.25, 0.3) is 5.91 Å². The third kappa shape index (κ3) is 4.43. The lowest BCUT2D eigenvalue weighted by Gasteiger charge is -2.17. The molecule has 5 nitrogen and oxygen atoms in total. The van der Waals surface area contributed by atoms with E-state index in [1.54, 1.807) is 12.1 Å². The van der Waals surface area contributed by atoms with E-state index in [9.17, 15) is 13.2 Å². The van der Waals surface area contributed by atoms with Crippen LogP contribution in [0.1, 0.15) is 41.6 Å². The van der Waals surface area contributed by atoms with E-state index in [1.165, 1.54) is 25.0 Å². The second-order valence-electron chi connectivity index (χ2n) is 6.58. The predicted octanol–water partition coefficient (Wildman–Crippen LogP) is 3.34. The minimum absolute atomic E-state index is 0.0352. The normalized spacial score (nSPS) is 15.0. The van der Waals surface area contributed by atoms with Crippen LogP contribution in [0.4, 0.5) is 0 Å². The van der Waals surface area contributed by atoms with Crippen molar-refractivity contribution in [1.29, 1.82) is 0 Å². The van der Waals surface area contributed by atoms with Gasteiger partial charge in [-0.05, 0) is 43.9 Å². The molecule has 0 atom stereocenters. The number of nitrogens with one attached hydrogen (secondary N) is 1. The largest absolute Gasteiger partial charge is 0.490 e. The Kier molecular flexibility index (Phi) is 5.61. The van der Waals surface area contributed by atoms with Crippen molar-refractivity contribution < 1.29 is 17.9 Å². The fourth-order valence-electron chi connectivity index (χ4n) is 3.20. The Balaban J connectivity index is 1.73. The van der Waals surface area contributed by atoms with E-state index < -0.39 is 15.7 Å². The summed E-state index contributed by atoms with van der Waals surface area (Å²) < 4.78 is 29.8. The summed E-state index contributed by atoms with van der Waals surface area (Å²) in [6, 6.07) is 13.9. The van der Waals surface area contributed by atoms with Crippen molar-refractivity contribution in [2.45, 2.75) is 43.2 Å². The molecule has 1 fully saturated rings. The molecule has 0 heterocycles. The Hall–Kier alpha value is -2.34. The van der Waals surface area contributed by atoms with Gasteiger partial charge in [0.1, 0.15) is 5.75 Å². The zero-order valence-electron chi connectivity index (χ0n) is 14.8. The fraction of sp³-hybridized carbons (Fsp3) is 0.350. The molecular weight excluding hydrogens is 350 g/mol. The summed E-state index contributed by atoms with van der Waals surface area (Å²) in [6.45, 7) is 0.278. The van der Waals surface area contributed by atoms with Gasteiger partial charge in [-0.25, -0.2) is 8.42 Å². The van der Waals surface area contributed by atoms with Gasteiger partial charge in [-0.2, -0.15) is 0 Å². The van der Waals surface area contributed by atoms with E-state index in [2.05, 4.69) is 5.32 Å². The topological polar surface area (TPSA) is 72.5 Å². The molecule has 138 valence electrons. The van der Waals surface area contributed by atoms with Gasteiger partial charge in [0.2, 0.25) is 0 Å². The Bertz CT molecular complexity index is 886. The lowest BCUT2D eigenvalue weighted by molar-refractivity contribution is 0.0947. The molecule has 0 bridgehead atoms. The van der Waals surface area contributed by atoms with Gasteiger partial charge in [0.05, 0.1) is 16.6 Å². The van der Waals surface area contributed by atoms with Gasteiger partial charge in [-0.3, -0.25) is 4.79 Å². The van der Waals surface area contributed by atoms with Crippen LogP contribution < -0.4 is 10.1 Å². The van der Waals surface area contributed by atoms with E-state index in [4.69, 9.17) is 4.74 Å². The van der Waals surface area contributed by atoms with Crippen LogP contribution in [-0.4, -0.2) is 26.7 Å². The molecule has 0 saturated heterocycles. The average molecular weight is 373 g/mol. The highest BCUT2D eigenvalue weighted by Crippen LogP contribution is 2.26. The molecular formula is C20H23NO4S.